The van der Waals surface area contributed by atoms with E-state index < -0.39 is 0 Å². The summed E-state index contributed by atoms with van der Waals surface area (Å²) in [6, 6.07) is 14.5. The van der Waals surface area contributed by atoms with E-state index in [2.05, 4.69) is 69.4 Å². The zero-order valence-electron chi connectivity index (χ0n) is 18.6. The van der Waals surface area contributed by atoms with Crippen LogP contribution in [-0.4, -0.2) is 19.9 Å². The Bertz CT molecular complexity index is 1310. The molecule has 31 heavy (non-hydrogen) atoms. The molecule has 2 N–H and O–H groups in total. The van der Waals surface area contributed by atoms with Crippen molar-refractivity contribution in [3.05, 3.63) is 86.5 Å². The van der Waals surface area contributed by atoms with E-state index in [1.807, 2.05) is 32.9 Å². The molecule has 0 aliphatic carbocycles. The van der Waals surface area contributed by atoms with Gasteiger partial charge in [0.2, 0.25) is 11.9 Å². The zero-order valence-corrected chi connectivity index (χ0v) is 18.6. The van der Waals surface area contributed by atoms with Crippen molar-refractivity contribution >= 4 is 22.8 Å². The third-order valence-corrected chi connectivity index (χ3v) is 5.52. The lowest BCUT2D eigenvalue weighted by Crippen LogP contribution is -2.19. The van der Waals surface area contributed by atoms with Crippen molar-refractivity contribution in [3.8, 4) is 0 Å². The first-order valence-corrected chi connectivity index (χ1v) is 10.5. The van der Waals surface area contributed by atoms with Crippen molar-refractivity contribution in [2.45, 2.75) is 47.0 Å². The summed E-state index contributed by atoms with van der Waals surface area (Å²) in [4.78, 5) is 29.2. The number of H-pyrrole nitrogens is 1. The maximum Gasteiger partial charge on any atom is 0.256 e. The first-order valence-electron chi connectivity index (χ1n) is 10.5. The van der Waals surface area contributed by atoms with E-state index in [0.717, 1.165) is 27.7 Å². The average Bonchev–Trinajstić information content (AvgIpc) is 2.72. The van der Waals surface area contributed by atoms with E-state index in [9.17, 15) is 4.79 Å². The molecule has 2 aromatic carbocycles. The Hall–Kier alpha value is -3.54. The molecule has 2 aromatic heterocycles. The van der Waals surface area contributed by atoms with Gasteiger partial charge in [0.05, 0.1) is 16.9 Å². The fourth-order valence-electron chi connectivity index (χ4n) is 3.66. The van der Waals surface area contributed by atoms with Gasteiger partial charge in [-0.15, -0.1) is 0 Å². The summed E-state index contributed by atoms with van der Waals surface area (Å²) in [7, 11) is 0. The monoisotopic (exact) mass is 413 g/mol. The predicted octanol–water partition coefficient (Wildman–Crippen LogP) is 5.10. The predicted molar refractivity (Wildman–Crippen MR) is 125 cm³/mol. The van der Waals surface area contributed by atoms with Gasteiger partial charge in [-0.25, -0.2) is 15.0 Å². The molecule has 158 valence electrons. The molecule has 6 heteroatoms. The number of nitrogens with zero attached hydrogens (tertiary/aromatic N) is 3. The number of rotatable bonds is 5. The van der Waals surface area contributed by atoms with E-state index in [4.69, 9.17) is 0 Å². The van der Waals surface area contributed by atoms with Crippen LogP contribution in [0.5, 0.6) is 0 Å². The number of hydrogen-bond donors (Lipinski definition) is 2. The quantitative estimate of drug-likeness (QED) is 0.476. The Morgan fingerprint density at radius 3 is 2.35 bits per heavy atom. The van der Waals surface area contributed by atoms with Crippen LogP contribution in [0.4, 0.5) is 11.9 Å². The van der Waals surface area contributed by atoms with E-state index >= 15 is 0 Å². The summed E-state index contributed by atoms with van der Waals surface area (Å²) in [6.07, 6.45) is 0.539. The molecular weight excluding hydrogens is 386 g/mol. The molecule has 0 radical (unpaired) electrons. The van der Waals surface area contributed by atoms with E-state index in [-0.39, 0.29) is 5.56 Å². The smallest absolute Gasteiger partial charge is 0.256 e. The fourth-order valence-corrected chi connectivity index (χ4v) is 3.66. The molecule has 4 aromatic rings. The number of anilines is 2. The van der Waals surface area contributed by atoms with Crippen LogP contribution < -0.4 is 10.9 Å². The number of hydrogen-bond acceptors (Lipinski definition) is 5. The normalized spacial score (nSPS) is 11.3. The lowest BCUT2D eigenvalue weighted by atomic mass is 9.99. The highest BCUT2D eigenvalue weighted by molar-refractivity contribution is 5.82. The van der Waals surface area contributed by atoms with Crippen LogP contribution in [0.15, 0.2) is 47.3 Å². The second-order valence-corrected chi connectivity index (χ2v) is 8.33. The number of benzene rings is 2. The number of aromatic nitrogens is 4. The Morgan fingerprint density at radius 1 is 0.935 bits per heavy atom. The highest BCUT2D eigenvalue weighted by atomic mass is 16.1. The van der Waals surface area contributed by atoms with Gasteiger partial charge in [0.15, 0.2) is 0 Å². The third-order valence-electron chi connectivity index (χ3n) is 5.52. The molecule has 0 bridgehead atoms. The number of nitrogens with one attached hydrogen (secondary N) is 2. The molecule has 4 rings (SSSR count). The van der Waals surface area contributed by atoms with Gasteiger partial charge in [0.1, 0.15) is 0 Å². The lowest BCUT2D eigenvalue weighted by molar-refractivity contribution is 0.865. The molecule has 0 fully saturated rings. The SMILES string of the molecule is Cc1ccc2nc(Nc3nc(C)c(Cc4ccc(C(C)C)cc4)c(=O)[nH]3)nc(C)c2c1. The van der Waals surface area contributed by atoms with Gasteiger partial charge in [-0.3, -0.25) is 15.1 Å². The second-order valence-electron chi connectivity index (χ2n) is 8.33. The molecule has 0 saturated heterocycles. The van der Waals surface area contributed by atoms with Crippen LogP contribution in [0, 0.1) is 20.8 Å². The largest absolute Gasteiger partial charge is 0.294 e. The Labute approximate surface area is 181 Å². The van der Waals surface area contributed by atoms with E-state index in [1.165, 1.54) is 5.56 Å². The van der Waals surface area contributed by atoms with Crippen molar-refractivity contribution in [2.75, 3.05) is 5.32 Å². The van der Waals surface area contributed by atoms with Crippen LogP contribution in [-0.2, 0) is 6.42 Å². The first kappa shape index (κ1) is 20.7. The molecule has 0 saturated carbocycles. The molecule has 6 nitrogen and oxygen atoms in total. The fraction of sp³-hybridized carbons (Fsp3) is 0.280. The Kier molecular flexibility index (Phi) is 5.55. The number of aryl methyl sites for hydroxylation is 3. The van der Waals surface area contributed by atoms with Crippen molar-refractivity contribution < 1.29 is 0 Å². The summed E-state index contributed by atoms with van der Waals surface area (Å²) in [5.74, 6) is 1.23. The molecule has 2 heterocycles. The molecule has 0 aliphatic rings. The van der Waals surface area contributed by atoms with Gasteiger partial charge < -0.3 is 0 Å². The van der Waals surface area contributed by atoms with Gasteiger partial charge in [0, 0.05) is 17.4 Å². The summed E-state index contributed by atoms with van der Waals surface area (Å²) < 4.78 is 0. The molecule has 0 amide bonds. The van der Waals surface area contributed by atoms with Crippen LogP contribution >= 0.6 is 0 Å². The Balaban J connectivity index is 1.59. The topological polar surface area (TPSA) is 83.6 Å². The summed E-state index contributed by atoms with van der Waals surface area (Å²) in [5, 5.41) is 4.07. The zero-order chi connectivity index (χ0) is 22.1. The van der Waals surface area contributed by atoms with Gasteiger partial charge in [-0.05, 0) is 49.9 Å². The maximum absolute atomic E-state index is 12.8. The summed E-state index contributed by atoms with van der Waals surface area (Å²) in [5.41, 5.74) is 6.45. The average molecular weight is 414 g/mol. The molecular formula is C25H27N5O. The highest BCUT2D eigenvalue weighted by Gasteiger charge is 2.12. The van der Waals surface area contributed by atoms with Gasteiger partial charge in [-0.1, -0.05) is 49.7 Å². The van der Waals surface area contributed by atoms with Crippen LogP contribution in [0.3, 0.4) is 0 Å². The first-order chi connectivity index (χ1) is 14.8. The van der Waals surface area contributed by atoms with Crippen molar-refractivity contribution in [2.24, 2.45) is 0 Å². The highest BCUT2D eigenvalue weighted by Crippen LogP contribution is 2.20. The maximum atomic E-state index is 12.8. The van der Waals surface area contributed by atoms with Gasteiger partial charge in [-0.2, -0.15) is 0 Å². The molecule has 0 aliphatic heterocycles. The summed E-state index contributed by atoms with van der Waals surface area (Å²) >= 11 is 0. The van der Waals surface area contributed by atoms with E-state index in [0.29, 0.717) is 35.5 Å². The van der Waals surface area contributed by atoms with Gasteiger partial charge >= 0.3 is 0 Å². The molecule has 0 atom stereocenters. The minimum atomic E-state index is -0.156. The number of aromatic amines is 1. The summed E-state index contributed by atoms with van der Waals surface area (Å²) in [6.45, 7) is 10.2. The van der Waals surface area contributed by atoms with Crippen molar-refractivity contribution in [3.63, 3.8) is 0 Å². The molecule has 0 unspecified atom stereocenters. The van der Waals surface area contributed by atoms with Crippen LogP contribution in [0.2, 0.25) is 0 Å². The minimum Gasteiger partial charge on any atom is -0.294 e. The molecule has 0 spiro atoms. The number of fused-ring (bicyclic) bond motifs is 1. The standard InChI is InChI=1S/C25H27N5O/c1-14(2)19-9-7-18(8-10-19)13-21-17(5)27-25(29-23(21)31)30-24-26-16(4)20-12-15(3)6-11-22(20)28-24/h6-12,14H,13H2,1-5H3,(H2,26,27,28,29,30,31). The Morgan fingerprint density at radius 2 is 1.68 bits per heavy atom. The van der Waals surface area contributed by atoms with E-state index in [1.54, 1.807) is 0 Å². The van der Waals surface area contributed by atoms with Crippen molar-refractivity contribution in [1.82, 2.24) is 19.9 Å². The second kappa shape index (κ2) is 8.30. The van der Waals surface area contributed by atoms with Crippen LogP contribution in [0.1, 0.15) is 53.4 Å². The third kappa shape index (κ3) is 4.48. The van der Waals surface area contributed by atoms with Crippen LogP contribution in [0.25, 0.3) is 10.9 Å². The lowest BCUT2D eigenvalue weighted by Gasteiger charge is -2.11. The van der Waals surface area contributed by atoms with Gasteiger partial charge in [0.25, 0.3) is 5.56 Å². The van der Waals surface area contributed by atoms with Crippen molar-refractivity contribution in [1.29, 1.82) is 0 Å². The minimum absolute atomic E-state index is 0.156.